The summed E-state index contributed by atoms with van der Waals surface area (Å²) in [6, 6.07) is 5.98. The number of hydrogen-bond acceptors (Lipinski definition) is 7. The van der Waals surface area contributed by atoms with Crippen LogP contribution >= 0.6 is 0 Å². The fourth-order valence-electron chi connectivity index (χ4n) is 2.96. The Hall–Kier alpha value is -2.64. The molecule has 0 radical (unpaired) electrons. The van der Waals surface area contributed by atoms with Gasteiger partial charge in [-0.25, -0.2) is 17.1 Å². The summed E-state index contributed by atoms with van der Waals surface area (Å²) in [4.78, 5) is 4.00. The van der Waals surface area contributed by atoms with E-state index in [1.165, 1.54) is 25.2 Å². The molecule has 8 nitrogen and oxygen atoms in total. The van der Waals surface area contributed by atoms with E-state index in [4.69, 9.17) is 20.5 Å². The molecule has 0 amide bonds. The third-order valence-electron chi connectivity index (χ3n) is 4.73. The molecule has 2 rings (SSSR count). The predicted molar refractivity (Wildman–Crippen MR) is 112 cm³/mol. The van der Waals surface area contributed by atoms with E-state index in [2.05, 4.69) is 11.6 Å². The third kappa shape index (κ3) is 5.93. The zero-order valence-electron chi connectivity index (χ0n) is 17.2. The van der Waals surface area contributed by atoms with E-state index < -0.39 is 27.2 Å². The molecule has 1 aliphatic heterocycles. The summed E-state index contributed by atoms with van der Waals surface area (Å²) >= 11 is 0. The second-order valence-corrected chi connectivity index (χ2v) is 9.18. The standard InChI is InChI=1S/C20H27FN4O4S/c1-14(5-4-8-22)13-29-16-6-7-18(21)17(12-16)19-11-15(2)28-10-9-24-20(23)25(3)30(19,26)27/h6-7,12,15,19H,1,4-5,9-11,13H2,2-3H3,(H2,23,24)/t15-,19+/m0/s1. The van der Waals surface area contributed by atoms with E-state index in [0.29, 0.717) is 24.2 Å². The minimum Gasteiger partial charge on any atom is -0.489 e. The number of nitrogens with two attached hydrogens (primary N) is 1. The van der Waals surface area contributed by atoms with Crippen molar-refractivity contribution in [3.05, 3.63) is 41.7 Å². The van der Waals surface area contributed by atoms with E-state index in [1.54, 1.807) is 6.92 Å². The second kappa shape index (κ2) is 10.4. The van der Waals surface area contributed by atoms with Crippen LogP contribution in [0.4, 0.5) is 4.39 Å². The van der Waals surface area contributed by atoms with Gasteiger partial charge in [-0.05, 0) is 43.5 Å². The molecule has 1 heterocycles. The lowest BCUT2D eigenvalue weighted by Gasteiger charge is -2.29. The van der Waals surface area contributed by atoms with Crippen LogP contribution in [0, 0.1) is 17.1 Å². The van der Waals surface area contributed by atoms with Gasteiger partial charge in [0.2, 0.25) is 16.0 Å². The molecular weight excluding hydrogens is 411 g/mol. The molecule has 2 atom stereocenters. The van der Waals surface area contributed by atoms with E-state index >= 15 is 0 Å². The first-order valence-corrected chi connectivity index (χ1v) is 11.0. The Morgan fingerprint density at radius 2 is 2.27 bits per heavy atom. The molecule has 0 unspecified atom stereocenters. The van der Waals surface area contributed by atoms with Gasteiger partial charge in [-0.2, -0.15) is 5.26 Å². The largest absolute Gasteiger partial charge is 0.489 e. The first-order valence-electron chi connectivity index (χ1n) is 9.52. The average molecular weight is 439 g/mol. The Labute approximate surface area is 176 Å². The molecule has 1 aliphatic rings. The van der Waals surface area contributed by atoms with Crippen molar-refractivity contribution in [3.8, 4) is 11.8 Å². The molecule has 0 fully saturated rings. The van der Waals surface area contributed by atoms with Crippen LogP contribution in [0.1, 0.15) is 37.0 Å². The van der Waals surface area contributed by atoms with Crippen LogP contribution in [0.5, 0.6) is 5.75 Å². The van der Waals surface area contributed by atoms with E-state index in [0.717, 1.165) is 4.31 Å². The lowest BCUT2D eigenvalue weighted by Crippen LogP contribution is -2.43. The maximum absolute atomic E-state index is 14.7. The highest BCUT2D eigenvalue weighted by Gasteiger charge is 2.36. The Bertz CT molecular complexity index is 943. The molecule has 0 aromatic heterocycles. The minimum atomic E-state index is -4.07. The van der Waals surface area contributed by atoms with Gasteiger partial charge in [0.15, 0.2) is 0 Å². The van der Waals surface area contributed by atoms with Gasteiger partial charge in [-0.3, -0.25) is 4.99 Å². The normalized spacial score (nSPS) is 21.9. The van der Waals surface area contributed by atoms with Gasteiger partial charge in [0.25, 0.3) is 0 Å². The quantitative estimate of drug-likeness (QED) is 0.682. The van der Waals surface area contributed by atoms with Crippen LogP contribution in [0.2, 0.25) is 0 Å². The van der Waals surface area contributed by atoms with E-state index in [1.807, 2.05) is 6.07 Å². The van der Waals surface area contributed by atoms with Gasteiger partial charge in [0, 0.05) is 19.0 Å². The Morgan fingerprint density at radius 3 is 2.97 bits per heavy atom. The Morgan fingerprint density at radius 1 is 1.53 bits per heavy atom. The van der Waals surface area contributed by atoms with E-state index in [9.17, 15) is 12.8 Å². The van der Waals surface area contributed by atoms with Crippen molar-refractivity contribution < 1.29 is 22.3 Å². The number of guanidine groups is 1. The highest BCUT2D eigenvalue weighted by Crippen LogP contribution is 2.34. The number of ether oxygens (including phenoxy) is 2. The smallest absolute Gasteiger partial charge is 0.244 e. The van der Waals surface area contributed by atoms with Gasteiger partial charge in [0.05, 0.1) is 25.3 Å². The minimum absolute atomic E-state index is 0.0363. The lowest BCUT2D eigenvalue weighted by atomic mass is 10.1. The van der Waals surface area contributed by atoms with Crippen LogP contribution < -0.4 is 10.5 Å². The summed E-state index contributed by atoms with van der Waals surface area (Å²) in [6.45, 7) is 6.21. The maximum Gasteiger partial charge on any atom is 0.244 e. The number of nitrogens with zero attached hydrogens (tertiary/aromatic N) is 3. The fourth-order valence-corrected chi connectivity index (χ4v) is 4.68. The molecule has 1 aromatic carbocycles. The highest BCUT2D eigenvalue weighted by atomic mass is 32.2. The van der Waals surface area contributed by atoms with Crippen LogP contribution in [0.15, 0.2) is 35.3 Å². The Balaban J connectivity index is 2.37. The third-order valence-corrected chi connectivity index (χ3v) is 6.84. The number of hydrogen-bond donors (Lipinski definition) is 1. The molecule has 1 aromatic rings. The molecule has 30 heavy (non-hydrogen) atoms. The zero-order valence-corrected chi connectivity index (χ0v) is 18.0. The summed E-state index contributed by atoms with van der Waals surface area (Å²) in [5.41, 5.74) is 6.47. The SMILES string of the molecule is C=C(CCC#N)COc1ccc(F)c([C@H]2C[C@H](C)OCCN=C(N)N(C)S2(=O)=O)c1. The highest BCUT2D eigenvalue weighted by molar-refractivity contribution is 7.89. The van der Waals surface area contributed by atoms with E-state index in [-0.39, 0.29) is 37.7 Å². The first-order chi connectivity index (χ1) is 14.2. The molecule has 0 spiro atoms. The summed E-state index contributed by atoms with van der Waals surface area (Å²) < 4.78 is 53.3. The molecule has 10 heteroatoms. The Kier molecular flexibility index (Phi) is 8.20. The molecule has 0 saturated heterocycles. The van der Waals surface area contributed by atoms with Gasteiger partial charge >= 0.3 is 0 Å². The molecule has 0 saturated carbocycles. The van der Waals surface area contributed by atoms with Crippen molar-refractivity contribution in [2.24, 2.45) is 10.7 Å². The van der Waals surface area contributed by atoms with Crippen molar-refractivity contribution in [2.75, 3.05) is 26.8 Å². The summed E-state index contributed by atoms with van der Waals surface area (Å²) in [6.07, 6.45) is 0.404. The summed E-state index contributed by atoms with van der Waals surface area (Å²) in [5, 5.41) is 7.40. The molecule has 2 N–H and O–H groups in total. The second-order valence-electron chi connectivity index (χ2n) is 7.04. The van der Waals surface area contributed by atoms with Crippen molar-refractivity contribution in [2.45, 2.75) is 37.5 Å². The molecule has 0 bridgehead atoms. The zero-order chi connectivity index (χ0) is 22.3. The van der Waals surface area contributed by atoms with Gasteiger partial charge in [-0.15, -0.1) is 0 Å². The topological polar surface area (TPSA) is 118 Å². The van der Waals surface area contributed by atoms with Crippen molar-refractivity contribution >= 4 is 16.0 Å². The monoisotopic (exact) mass is 438 g/mol. The van der Waals surface area contributed by atoms with Crippen LogP contribution in [0.25, 0.3) is 0 Å². The average Bonchev–Trinajstić information content (AvgIpc) is 2.71. The van der Waals surface area contributed by atoms with Crippen LogP contribution in [0.3, 0.4) is 0 Å². The van der Waals surface area contributed by atoms with Crippen molar-refractivity contribution in [1.29, 1.82) is 5.26 Å². The number of halogens is 1. The van der Waals surface area contributed by atoms with Crippen LogP contribution in [-0.2, 0) is 14.8 Å². The lowest BCUT2D eigenvalue weighted by molar-refractivity contribution is 0.0645. The number of nitriles is 1. The van der Waals surface area contributed by atoms with Crippen molar-refractivity contribution in [3.63, 3.8) is 0 Å². The number of sulfonamides is 1. The predicted octanol–water partition coefficient (Wildman–Crippen LogP) is 2.49. The molecular formula is C20H27FN4O4S. The number of aliphatic imine (C=N–C) groups is 1. The van der Waals surface area contributed by atoms with Gasteiger partial charge in [0.1, 0.15) is 23.4 Å². The first kappa shape index (κ1) is 23.6. The maximum atomic E-state index is 14.7. The van der Waals surface area contributed by atoms with Gasteiger partial charge in [-0.1, -0.05) is 6.58 Å². The fraction of sp³-hybridized carbons (Fsp3) is 0.500. The summed E-state index contributed by atoms with van der Waals surface area (Å²) in [5.74, 6) is -0.554. The number of benzene rings is 1. The summed E-state index contributed by atoms with van der Waals surface area (Å²) in [7, 11) is -2.77. The van der Waals surface area contributed by atoms with Crippen molar-refractivity contribution in [1.82, 2.24) is 4.31 Å². The van der Waals surface area contributed by atoms with Gasteiger partial charge < -0.3 is 15.2 Å². The number of rotatable bonds is 6. The molecule has 164 valence electrons. The molecule has 0 aliphatic carbocycles. The van der Waals surface area contributed by atoms with Crippen LogP contribution in [-0.4, -0.2) is 51.6 Å².